The van der Waals surface area contributed by atoms with Gasteiger partial charge in [0, 0.05) is 37.3 Å². The fraction of sp³-hybridized carbons (Fsp3) is 0.526. The summed E-state index contributed by atoms with van der Waals surface area (Å²) in [7, 11) is 0. The second-order valence-electron chi connectivity index (χ2n) is 6.74. The number of aryl methyl sites for hydroxylation is 2. The Bertz CT molecular complexity index is 692. The van der Waals surface area contributed by atoms with Crippen LogP contribution < -0.4 is 10.1 Å². The summed E-state index contributed by atoms with van der Waals surface area (Å²) >= 11 is 0. The largest absolute Gasteiger partial charge is 0.493 e. The maximum atomic E-state index is 5.93. The lowest BCUT2D eigenvalue weighted by Gasteiger charge is -2.21. The van der Waals surface area contributed by atoms with Crippen molar-refractivity contribution < 1.29 is 4.74 Å². The van der Waals surface area contributed by atoms with E-state index in [1.807, 2.05) is 0 Å². The molecule has 4 nitrogen and oxygen atoms in total. The van der Waals surface area contributed by atoms with Crippen molar-refractivity contribution in [2.45, 2.75) is 58.2 Å². The van der Waals surface area contributed by atoms with Crippen LogP contribution in [-0.4, -0.2) is 16.2 Å². The highest BCUT2D eigenvalue weighted by molar-refractivity contribution is 5.40. The number of fused-ring (bicyclic) bond motifs is 2. The van der Waals surface area contributed by atoms with Gasteiger partial charge in [0.05, 0.1) is 12.3 Å². The molecule has 1 aromatic carbocycles. The number of imidazole rings is 1. The molecule has 0 amide bonds. The van der Waals surface area contributed by atoms with Crippen molar-refractivity contribution in [3.63, 3.8) is 0 Å². The van der Waals surface area contributed by atoms with E-state index in [9.17, 15) is 0 Å². The predicted octanol–water partition coefficient (Wildman–Crippen LogP) is 3.53. The van der Waals surface area contributed by atoms with E-state index >= 15 is 0 Å². The fourth-order valence-electron chi connectivity index (χ4n) is 3.74. The minimum Gasteiger partial charge on any atom is -0.493 e. The van der Waals surface area contributed by atoms with E-state index in [4.69, 9.17) is 4.74 Å². The number of aromatic nitrogens is 2. The number of hydrogen-bond donors (Lipinski definition) is 1. The normalized spacial score (nSPS) is 20.3. The van der Waals surface area contributed by atoms with Crippen LogP contribution in [0.15, 0.2) is 24.4 Å². The Morgan fingerprint density at radius 1 is 1.30 bits per heavy atom. The molecule has 4 rings (SSSR count). The summed E-state index contributed by atoms with van der Waals surface area (Å²) < 4.78 is 8.33. The zero-order valence-corrected chi connectivity index (χ0v) is 13.8. The van der Waals surface area contributed by atoms with E-state index in [0.717, 1.165) is 44.7 Å². The van der Waals surface area contributed by atoms with Crippen molar-refractivity contribution in [1.29, 1.82) is 0 Å². The first-order valence-electron chi connectivity index (χ1n) is 8.81. The fourth-order valence-corrected chi connectivity index (χ4v) is 3.74. The highest BCUT2D eigenvalue weighted by atomic mass is 16.5. The highest BCUT2D eigenvalue weighted by Gasteiger charge is 2.21. The minimum atomic E-state index is 0.364. The van der Waals surface area contributed by atoms with Gasteiger partial charge in [0.2, 0.25) is 0 Å². The molecule has 0 saturated carbocycles. The lowest BCUT2D eigenvalue weighted by Crippen LogP contribution is -2.23. The first-order chi connectivity index (χ1) is 11.3. The molecule has 2 aromatic rings. The standard InChI is InChI=1S/C19H25N3O/c1-14-7-8-16-17(5-4-10-23-18(16)11-14)20-12-15-13-21-19-6-2-3-9-22(15)19/h7-8,11,13,17,20H,2-6,9-10,12H2,1H3. The van der Waals surface area contributed by atoms with Gasteiger partial charge in [-0.1, -0.05) is 12.1 Å². The summed E-state index contributed by atoms with van der Waals surface area (Å²) in [5.41, 5.74) is 3.87. The molecular formula is C19H25N3O. The number of hydrogen-bond acceptors (Lipinski definition) is 3. The van der Waals surface area contributed by atoms with E-state index in [1.165, 1.54) is 35.5 Å². The molecule has 122 valence electrons. The third-order valence-corrected chi connectivity index (χ3v) is 5.02. The molecule has 0 radical (unpaired) electrons. The number of rotatable bonds is 3. The molecule has 3 heterocycles. The molecule has 2 aliphatic heterocycles. The molecule has 0 bridgehead atoms. The Morgan fingerprint density at radius 2 is 2.26 bits per heavy atom. The van der Waals surface area contributed by atoms with E-state index < -0.39 is 0 Å². The molecule has 0 spiro atoms. The van der Waals surface area contributed by atoms with Crippen LogP contribution in [0.1, 0.15) is 54.4 Å². The highest BCUT2D eigenvalue weighted by Crippen LogP contribution is 2.32. The van der Waals surface area contributed by atoms with Gasteiger partial charge in [0.1, 0.15) is 11.6 Å². The third kappa shape index (κ3) is 3.00. The SMILES string of the molecule is Cc1ccc2c(c1)OCCCC2NCc1cnc2n1CCCC2. The van der Waals surface area contributed by atoms with Crippen molar-refractivity contribution in [1.82, 2.24) is 14.9 Å². The van der Waals surface area contributed by atoms with Gasteiger partial charge in [-0.25, -0.2) is 4.98 Å². The summed E-state index contributed by atoms with van der Waals surface area (Å²) in [5, 5.41) is 3.75. The molecule has 1 atom stereocenters. The minimum absolute atomic E-state index is 0.364. The number of nitrogens with zero attached hydrogens (tertiary/aromatic N) is 2. The first-order valence-corrected chi connectivity index (χ1v) is 8.81. The van der Waals surface area contributed by atoms with Gasteiger partial charge in [-0.15, -0.1) is 0 Å². The average Bonchev–Trinajstić information content (AvgIpc) is 2.87. The summed E-state index contributed by atoms with van der Waals surface area (Å²) in [5.74, 6) is 2.31. The molecule has 1 aromatic heterocycles. The predicted molar refractivity (Wildman–Crippen MR) is 90.7 cm³/mol. The quantitative estimate of drug-likeness (QED) is 0.942. The van der Waals surface area contributed by atoms with Crippen LogP contribution >= 0.6 is 0 Å². The van der Waals surface area contributed by atoms with Crippen LogP contribution in [0.5, 0.6) is 5.75 Å². The Hall–Kier alpha value is -1.81. The number of benzene rings is 1. The molecule has 1 unspecified atom stereocenters. The van der Waals surface area contributed by atoms with Gasteiger partial charge >= 0.3 is 0 Å². The Morgan fingerprint density at radius 3 is 3.22 bits per heavy atom. The molecule has 0 aliphatic carbocycles. The lowest BCUT2D eigenvalue weighted by atomic mass is 10.0. The van der Waals surface area contributed by atoms with Gasteiger partial charge in [0.15, 0.2) is 0 Å². The Balaban J connectivity index is 1.52. The van der Waals surface area contributed by atoms with Crippen LogP contribution in [-0.2, 0) is 19.5 Å². The topological polar surface area (TPSA) is 39.1 Å². The monoisotopic (exact) mass is 311 g/mol. The second kappa shape index (κ2) is 6.36. The van der Waals surface area contributed by atoms with E-state index in [-0.39, 0.29) is 0 Å². The molecule has 1 N–H and O–H groups in total. The molecule has 23 heavy (non-hydrogen) atoms. The zero-order chi connectivity index (χ0) is 15.6. The van der Waals surface area contributed by atoms with Gasteiger partial charge < -0.3 is 14.6 Å². The van der Waals surface area contributed by atoms with Crippen molar-refractivity contribution in [2.75, 3.05) is 6.61 Å². The van der Waals surface area contributed by atoms with E-state index in [0.29, 0.717) is 6.04 Å². The Labute approximate surface area is 137 Å². The summed E-state index contributed by atoms with van der Waals surface area (Å²) in [6.07, 6.45) is 7.94. The summed E-state index contributed by atoms with van der Waals surface area (Å²) in [6.45, 7) is 4.94. The summed E-state index contributed by atoms with van der Waals surface area (Å²) in [6, 6.07) is 6.93. The first kappa shape index (κ1) is 14.8. The average molecular weight is 311 g/mol. The molecular weight excluding hydrogens is 286 g/mol. The van der Waals surface area contributed by atoms with Gasteiger partial charge in [-0.2, -0.15) is 0 Å². The number of nitrogens with one attached hydrogen (secondary N) is 1. The van der Waals surface area contributed by atoms with Crippen LogP contribution in [0.2, 0.25) is 0 Å². The van der Waals surface area contributed by atoms with Gasteiger partial charge in [0.25, 0.3) is 0 Å². The molecule has 4 heteroatoms. The molecule has 0 saturated heterocycles. The van der Waals surface area contributed by atoms with Gasteiger partial charge in [-0.3, -0.25) is 0 Å². The molecule has 0 fully saturated rings. The zero-order valence-electron chi connectivity index (χ0n) is 13.8. The van der Waals surface area contributed by atoms with Crippen LogP contribution in [0, 0.1) is 6.92 Å². The maximum Gasteiger partial charge on any atom is 0.124 e. The summed E-state index contributed by atoms with van der Waals surface area (Å²) in [4.78, 5) is 4.59. The maximum absolute atomic E-state index is 5.93. The van der Waals surface area contributed by atoms with Crippen molar-refractivity contribution in [2.24, 2.45) is 0 Å². The third-order valence-electron chi connectivity index (χ3n) is 5.02. The van der Waals surface area contributed by atoms with Crippen molar-refractivity contribution in [3.8, 4) is 5.75 Å². The molecule has 2 aliphatic rings. The van der Waals surface area contributed by atoms with Crippen LogP contribution in [0.3, 0.4) is 0 Å². The van der Waals surface area contributed by atoms with E-state index in [1.54, 1.807) is 0 Å². The van der Waals surface area contributed by atoms with Crippen molar-refractivity contribution in [3.05, 3.63) is 47.0 Å². The van der Waals surface area contributed by atoms with Crippen LogP contribution in [0.4, 0.5) is 0 Å². The van der Waals surface area contributed by atoms with Crippen molar-refractivity contribution >= 4 is 0 Å². The van der Waals surface area contributed by atoms with E-state index in [2.05, 4.69) is 46.2 Å². The smallest absolute Gasteiger partial charge is 0.124 e. The lowest BCUT2D eigenvalue weighted by molar-refractivity contribution is 0.315. The second-order valence-corrected chi connectivity index (χ2v) is 6.74. The van der Waals surface area contributed by atoms with Gasteiger partial charge in [-0.05, 0) is 44.2 Å². The van der Waals surface area contributed by atoms with Crippen LogP contribution in [0.25, 0.3) is 0 Å². The number of ether oxygens (including phenoxy) is 1. The Kier molecular flexibility index (Phi) is 4.08.